The van der Waals surface area contributed by atoms with Crippen LogP contribution in [0.4, 0.5) is 0 Å². The Bertz CT molecular complexity index is 456. The molecule has 0 aromatic heterocycles. The van der Waals surface area contributed by atoms with Crippen LogP contribution >= 0.6 is 24.7 Å². The third kappa shape index (κ3) is 15.3. The second-order valence-electron chi connectivity index (χ2n) is 8.13. The largest absolute Gasteiger partial charge is 0.319 e. The fourth-order valence-electron chi connectivity index (χ4n) is 1.79. The van der Waals surface area contributed by atoms with E-state index in [1.807, 2.05) is 83.1 Å². The Hall–Kier alpha value is 0.810. The number of rotatable bonds is 15. The highest BCUT2D eigenvalue weighted by atomic mass is 31.3. The summed E-state index contributed by atoms with van der Waals surface area (Å²) in [6.07, 6.45) is -0.445. The monoisotopic (exact) mass is 476 g/mol. The summed E-state index contributed by atoms with van der Waals surface area (Å²) in [7, 11) is -6.12. The maximum absolute atomic E-state index is 6.26. The van der Waals surface area contributed by atoms with Crippen LogP contribution in [0.15, 0.2) is 4.52 Å². The maximum atomic E-state index is 6.26. The van der Waals surface area contributed by atoms with Crippen molar-refractivity contribution in [2.75, 3.05) is 0 Å². The van der Waals surface area contributed by atoms with E-state index in [9.17, 15) is 0 Å². The summed E-state index contributed by atoms with van der Waals surface area (Å²) in [4.78, 5) is 3.35. The van der Waals surface area contributed by atoms with E-state index in [0.29, 0.717) is 0 Å². The van der Waals surface area contributed by atoms with Gasteiger partial charge < -0.3 is 27.1 Å². The van der Waals surface area contributed by atoms with E-state index in [1.165, 1.54) is 0 Å². The van der Waals surface area contributed by atoms with Crippen molar-refractivity contribution < 1.29 is 27.1 Å². The highest BCUT2D eigenvalue weighted by Gasteiger charge is 2.34. The molecule has 0 bridgehead atoms. The molecule has 0 saturated carbocycles. The van der Waals surface area contributed by atoms with Gasteiger partial charge >= 0.3 is 16.2 Å². The molecule has 0 spiro atoms. The molecular weight excluding hydrogens is 433 g/mol. The third-order valence-corrected chi connectivity index (χ3v) is 9.36. The van der Waals surface area contributed by atoms with Crippen molar-refractivity contribution in [2.24, 2.45) is 4.52 Å². The summed E-state index contributed by atoms with van der Waals surface area (Å²) in [5.74, 6) is 0. The van der Waals surface area contributed by atoms with E-state index in [1.54, 1.807) is 0 Å². The van der Waals surface area contributed by atoms with E-state index >= 15 is 0 Å². The van der Waals surface area contributed by atoms with Gasteiger partial charge in [0.05, 0.1) is 36.6 Å². The van der Waals surface area contributed by atoms with Crippen molar-refractivity contribution in [2.45, 2.75) is 120 Å². The zero-order valence-corrected chi connectivity index (χ0v) is 22.9. The van der Waals surface area contributed by atoms with Crippen LogP contribution < -0.4 is 4.86 Å². The molecule has 1 N–H and O–H groups in total. The van der Waals surface area contributed by atoms with Crippen molar-refractivity contribution in [1.29, 1.82) is 0 Å². The van der Waals surface area contributed by atoms with Gasteiger partial charge in [0.25, 0.3) is 8.53 Å². The van der Waals surface area contributed by atoms with Crippen molar-refractivity contribution in [3.63, 3.8) is 0 Å². The summed E-state index contributed by atoms with van der Waals surface area (Å²) >= 11 is 0. The van der Waals surface area contributed by atoms with Crippen LogP contribution in [0.3, 0.4) is 0 Å². The minimum absolute atomic E-state index is 0.0345. The Balaban J connectivity index is 6.19. The van der Waals surface area contributed by atoms with E-state index < -0.39 is 24.7 Å². The molecule has 176 valence electrons. The zero-order chi connectivity index (χ0) is 22.8. The summed E-state index contributed by atoms with van der Waals surface area (Å²) in [6, 6.07) is 0. The molecule has 0 saturated heterocycles. The molecule has 0 radical (unpaired) electrons. The molecule has 0 aliphatic rings. The number of nitrogens with zero attached hydrogens (tertiary/aromatic N) is 1. The first-order valence-electron chi connectivity index (χ1n) is 10.3. The Kier molecular flexibility index (Phi) is 15.2. The Morgan fingerprint density at radius 3 is 1.17 bits per heavy atom. The van der Waals surface area contributed by atoms with E-state index in [0.717, 1.165) is 0 Å². The second-order valence-corrected chi connectivity index (χ2v) is 12.9. The van der Waals surface area contributed by atoms with Gasteiger partial charge in [0.1, 0.15) is 0 Å². The normalized spacial score (nSPS) is 13.5. The van der Waals surface area contributed by atoms with Gasteiger partial charge in [0.2, 0.25) is 0 Å². The molecule has 8 nitrogen and oxygen atoms in total. The first-order valence-corrected chi connectivity index (χ1v) is 14.2. The first kappa shape index (κ1) is 29.8. The van der Waals surface area contributed by atoms with E-state index in [-0.39, 0.29) is 36.6 Å². The minimum atomic E-state index is -3.01. The maximum Gasteiger partial charge on any atom is 0.314 e. The molecule has 0 rings (SSSR count). The zero-order valence-electron chi connectivity index (χ0n) is 20.2. The lowest BCUT2D eigenvalue weighted by atomic mass is 10.5. The van der Waals surface area contributed by atoms with E-state index in [4.69, 9.17) is 31.7 Å². The highest BCUT2D eigenvalue weighted by molar-refractivity contribution is 7.70. The lowest BCUT2D eigenvalue weighted by molar-refractivity contribution is 0.152. The fraction of sp³-hybridized carbons (Fsp3) is 1.00. The Labute approximate surface area is 181 Å². The molecule has 0 aliphatic carbocycles. The van der Waals surface area contributed by atoms with Crippen LogP contribution in [0.25, 0.3) is 0 Å². The van der Waals surface area contributed by atoms with E-state index in [2.05, 4.69) is 4.86 Å². The Morgan fingerprint density at radius 2 is 0.897 bits per heavy atom. The molecule has 0 aromatic rings. The molecule has 0 fully saturated rings. The topological polar surface area (TPSA) is 79.8 Å². The van der Waals surface area contributed by atoms with Gasteiger partial charge in [0.15, 0.2) is 0 Å². The smallest absolute Gasteiger partial charge is 0.314 e. The fourth-order valence-corrected chi connectivity index (χ4v) is 8.11. The predicted molar refractivity (Wildman–Crippen MR) is 124 cm³/mol. The van der Waals surface area contributed by atoms with Crippen molar-refractivity contribution in [3.05, 3.63) is 0 Å². The number of hydrogen-bond donors (Lipinski definition) is 1. The standard InChI is InChI=1S/C18H43N2O6P3/c1-13(2)21-27(22-14(3)4)19-29(25-17(9)10,26-18(11)12)20-28(23-15(5)6)24-16(7)8/h13-19H,1-12H3. The predicted octanol–water partition coefficient (Wildman–Crippen LogP) is 7.53. The molecule has 11 heteroatoms. The molecule has 0 aromatic carbocycles. The van der Waals surface area contributed by atoms with Gasteiger partial charge in [0, 0.05) is 0 Å². The summed E-state index contributed by atoms with van der Waals surface area (Å²) in [5, 5.41) is 0. The number of hydrogen-bond acceptors (Lipinski definition) is 7. The third-order valence-electron chi connectivity index (χ3n) is 2.32. The van der Waals surface area contributed by atoms with Gasteiger partial charge in [-0.15, -0.1) is 0 Å². The molecule has 29 heavy (non-hydrogen) atoms. The van der Waals surface area contributed by atoms with Gasteiger partial charge in [-0.2, -0.15) is 9.37 Å². The van der Waals surface area contributed by atoms with Gasteiger partial charge in [-0.25, -0.2) is 0 Å². The quantitative estimate of drug-likeness (QED) is 0.245. The van der Waals surface area contributed by atoms with Crippen molar-refractivity contribution in [1.82, 2.24) is 4.86 Å². The highest BCUT2D eigenvalue weighted by Crippen LogP contribution is 2.64. The van der Waals surface area contributed by atoms with Gasteiger partial charge in [-0.3, -0.25) is 0 Å². The van der Waals surface area contributed by atoms with Gasteiger partial charge in [-0.05, 0) is 83.1 Å². The average Bonchev–Trinajstić information content (AvgIpc) is 2.41. The SMILES string of the molecule is CC(C)OP(N=P(NP(OC(C)C)OC(C)C)(OC(C)C)OC(C)C)OC(C)C. The first-order chi connectivity index (χ1) is 13.2. The lowest BCUT2D eigenvalue weighted by Crippen LogP contribution is -2.21. The Morgan fingerprint density at radius 1 is 0.552 bits per heavy atom. The summed E-state index contributed by atoms with van der Waals surface area (Å²) in [5.41, 5.74) is 0. The molecule has 0 heterocycles. The van der Waals surface area contributed by atoms with Crippen LogP contribution in [0, 0.1) is 0 Å². The van der Waals surface area contributed by atoms with Gasteiger partial charge in [-0.1, -0.05) is 0 Å². The molecular formula is C18H43N2O6P3. The van der Waals surface area contributed by atoms with Crippen LogP contribution in [0.5, 0.6) is 0 Å². The minimum Gasteiger partial charge on any atom is -0.319 e. The lowest BCUT2D eigenvalue weighted by Gasteiger charge is -2.33. The van der Waals surface area contributed by atoms with Crippen molar-refractivity contribution in [3.8, 4) is 0 Å². The second kappa shape index (κ2) is 14.8. The average molecular weight is 476 g/mol. The molecule has 0 unspecified atom stereocenters. The molecule has 0 amide bonds. The van der Waals surface area contributed by atoms with Crippen LogP contribution in [-0.4, -0.2) is 36.6 Å². The molecule has 0 atom stereocenters. The van der Waals surface area contributed by atoms with Crippen molar-refractivity contribution >= 4 is 24.7 Å². The van der Waals surface area contributed by atoms with Crippen LogP contribution in [-0.2, 0) is 27.1 Å². The molecule has 0 aliphatic heterocycles. The summed E-state index contributed by atoms with van der Waals surface area (Å²) in [6.45, 7) is 23.4. The number of nitrogens with one attached hydrogen (secondary N) is 1. The van der Waals surface area contributed by atoms with Crippen LogP contribution in [0.1, 0.15) is 83.1 Å². The van der Waals surface area contributed by atoms with Crippen LogP contribution in [0.2, 0.25) is 0 Å². The summed E-state index contributed by atoms with van der Waals surface area (Å²) < 4.78 is 41.3.